The summed E-state index contributed by atoms with van der Waals surface area (Å²) < 4.78 is 0. The van der Waals surface area contributed by atoms with Gasteiger partial charge in [0.2, 0.25) is 0 Å². The highest BCUT2D eigenvalue weighted by molar-refractivity contribution is 5.78. The minimum Gasteiger partial charge on any atom is -0.480 e. The summed E-state index contributed by atoms with van der Waals surface area (Å²) in [6, 6.07) is 0. The van der Waals surface area contributed by atoms with E-state index in [0.717, 1.165) is 6.54 Å². The van der Waals surface area contributed by atoms with E-state index in [9.17, 15) is 4.79 Å². The van der Waals surface area contributed by atoms with Crippen LogP contribution in [0.25, 0.3) is 0 Å². The van der Waals surface area contributed by atoms with Gasteiger partial charge in [-0.25, -0.2) is 0 Å². The van der Waals surface area contributed by atoms with Gasteiger partial charge in [0.15, 0.2) is 0 Å². The maximum atomic E-state index is 10.9. The maximum Gasteiger partial charge on any atom is 0.323 e. The fourth-order valence-electron chi connectivity index (χ4n) is 0.907. The van der Waals surface area contributed by atoms with E-state index in [1.165, 1.54) is 0 Å². The van der Waals surface area contributed by atoms with Gasteiger partial charge in [0, 0.05) is 13.1 Å². The first kappa shape index (κ1) is 12.4. The van der Waals surface area contributed by atoms with Crippen LogP contribution in [0, 0.1) is 0 Å². The van der Waals surface area contributed by atoms with Crippen molar-refractivity contribution >= 4 is 5.97 Å². The van der Waals surface area contributed by atoms with Crippen LogP contribution in [0.5, 0.6) is 0 Å². The van der Waals surface area contributed by atoms with E-state index in [0.29, 0.717) is 13.0 Å². The Morgan fingerprint density at radius 3 is 2.38 bits per heavy atom. The van der Waals surface area contributed by atoms with Crippen LogP contribution in [0.15, 0.2) is 0 Å². The maximum absolute atomic E-state index is 10.9. The van der Waals surface area contributed by atoms with Gasteiger partial charge in [0.25, 0.3) is 0 Å². The van der Waals surface area contributed by atoms with Crippen LogP contribution in [-0.2, 0) is 4.79 Å². The average Bonchev–Trinajstić information content (AvgIpc) is 2.03. The molecule has 0 aromatic rings. The molecule has 0 saturated carbocycles. The third kappa shape index (κ3) is 4.24. The Balaban J connectivity index is 3.92. The quantitative estimate of drug-likeness (QED) is 0.633. The molecule has 2 N–H and O–H groups in total. The Morgan fingerprint density at radius 1 is 1.54 bits per heavy atom. The zero-order valence-corrected chi connectivity index (χ0v) is 8.92. The molecule has 0 spiro atoms. The van der Waals surface area contributed by atoms with Gasteiger partial charge in [0.05, 0.1) is 0 Å². The van der Waals surface area contributed by atoms with E-state index in [1.54, 1.807) is 6.92 Å². The molecule has 1 unspecified atom stereocenters. The van der Waals surface area contributed by atoms with Crippen LogP contribution >= 0.6 is 0 Å². The van der Waals surface area contributed by atoms with Gasteiger partial charge in [0.1, 0.15) is 5.54 Å². The van der Waals surface area contributed by atoms with E-state index in [1.807, 2.05) is 25.9 Å². The van der Waals surface area contributed by atoms with Crippen LogP contribution in [-0.4, -0.2) is 48.7 Å². The van der Waals surface area contributed by atoms with Crippen molar-refractivity contribution in [3.63, 3.8) is 0 Å². The summed E-state index contributed by atoms with van der Waals surface area (Å²) in [4.78, 5) is 12.9. The zero-order valence-electron chi connectivity index (χ0n) is 8.92. The summed E-state index contributed by atoms with van der Waals surface area (Å²) in [5, 5.41) is 12.0. The van der Waals surface area contributed by atoms with E-state index < -0.39 is 11.5 Å². The predicted octanol–water partition coefficient (Wildman–Crippen LogP) is 0.391. The topological polar surface area (TPSA) is 52.6 Å². The molecule has 0 aliphatic carbocycles. The molecule has 0 fully saturated rings. The largest absolute Gasteiger partial charge is 0.480 e. The third-order valence-electron chi connectivity index (χ3n) is 2.25. The fraction of sp³-hybridized carbons (Fsp3) is 0.889. The molecule has 0 bridgehead atoms. The van der Waals surface area contributed by atoms with Crippen LogP contribution in [0.2, 0.25) is 0 Å². The zero-order chi connectivity index (χ0) is 10.5. The lowest BCUT2D eigenvalue weighted by atomic mass is 9.99. The highest BCUT2D eigenvalue weighted by Gasteiger charge is 2.29. The van der Waals surface area contributed by atoms with Gasteiger partial charge < -0.3 is 15.3 Å². The van der Waals surface area contributed by atoms with Gasteiger partial charge in [-0.3, -0.25) is 4.79 Å². The molecule has 0 rings (SSSR count). The fourth-order valence-corrected chi connectivity index (χ4v) is 0.907. The number of carboxylic acids is 1. The Bertz CT molecular complexity index is 171. The summed E-state index contributed by atoms with van der Waals surface area (Å²) in [5.41, 5.74) is -0.782. The molecule has 4 heteroatoms. The third-order valence-corrected chi connectivity index (χ3v) is 2.25. The molecule has 0 aromatic carbocycles. The van der Waals surface area contributed by atoms with Crippen molar-refractivity contribution in [1.82, 2.24) is 10.2 Å². The molecule has 0 saturated heterocycles. The van der Waals surface area contributed by atoms with Gasteiger partial charge >= 0.3 is 5.97 Å². The number of hydrogen-bond donors (Lipinski definition) is 2. The first-order valence-electron chi connectivity index (χ1n) is 4.55. The number of rotatable bonds is 6. The molecule has 0 aliphatic rings. The van der Waals surface area contributed by atoms with Crippen LogP contribution < -0.4 is 5.32 Å². The normalized spacial score (nSPS) is 15.8. The number of aliphatic carboxylic acids is 1. The molecule has 0 amide bonds. The molecule has 1 atom stereocenters. The predicted molar refractivity (Wildman–Crippen MR) is 52.9 cm³/mol. The van der Waals surface area contributed by atoms with Crippen molar-refractivity contribution in [1.29, 1.82) is 0 Å². The second kappa shape index (κ2) is 5.19. The summed E-state index contributed by atoms with van der Waals surface area (Å²) in [5.74, 6) is -0.784. The average molecular weight is 188 g/mol. The standard InChI is InChI=1S/C9H20N2O2/c1-5-9(2,8(12)13)10-6-7-11(3)4/h10H,5-7H2,1-4H3,(H,12,13). The van der Waals surface area contributed by atoms with E-state index in [-0.39, 0.29) is 0 Å². The second-order valence-corrected chi connectivity index (χ2v) is 3.72. The van der Waals surface area contributed by atoms with Crippen molar-refractivity contribution in [2.24, 2.45) is 0 Å². The van der Waals surface area contributed by atoms with E-state index in [4.69, 9.17) is 5.11 Å². The smallest absolute Gasteiger partial charge is 0.323 e. The lowest BCUT2D eigenvalue weighted by Crippen LogP contribution is -2.50. The molecule has 0 heterocycles. The lowest BCUT2D eigenvalue weighted by Gasteiger charge is -2.25. The molecular weight excluding hydrogens is 168 g/mol. The van der Waals surface area contributed by atoms with Gasteiger partial charge in [-0.2, -0.15) is 0 Å². The SMILES string of the molecule is CCC(C)(NCCN(C)C)C(=O)O. The van der Waals surface area contributed by atoms with Gasteiger partial charge in [-0.1, -0.05) is 6.92 Å². The van der Waals surface area contributed by atoms with Crippen molar-refractivity contribution in [2.75, 3.05) is 27.2 Å². The number of nitrogens with one attached hydrogen (secondary N) is 1. The van der Waals surface area contributed by atoms with Crippen molar-refractivity contribution in [2.45, 2.75) is 25.8 Å². The first-order chi connectivity index (χ1) is 5.92. The summed E-state index contributed by atoms with van der Waals surface area (Å²) >= 11 is 0. The Hall–Kier alpha value is -0.610. The number of carbonyl (C=O) groups is 1. The second-order valence-electron chi connectivity index (χ2n) is 3.72. The highest BCUT2D eigenvalue weighted by Crippen LogP contribution is 2.08. The molecular formula is C9H20N2O2. The molecule has 78 valence electrons. The minimum absolute atomic E-state index is 0.593. The Morgan fingerprint density at radius 2 is 2.08 bits per heavy atom. The number of likely N-dealkylation sites (N-methyl/N-ethyl adjacent to an activating group) is 1. The monoisotopic (exact) mass is 188 g/mol. The van der Waals surface area contributed by atoms with Crippen LogP contribution in [0.1, 0.15) is 20.3 Å². The van der Waals surface area contributed by atoms with Crippen molar-refractivity contribution < 1.29 is 9.90 Å². The highest BCUT2D eigenvalue weighted by atomic mass is 16.4. The number of hydrogen-bond acceptors (Lipinski definition) is 3. The molecule has 0 radical (unpaired) electrons. The Kier molecular flexibility index (Phi) is 4.95. The number of nitrogens with zero attached hydrogens (tertiary/aromatic N) is 1. The summed E-state index contributed by atoms with van der Waals surface area (Å²) in [7, 11) is 3.93. The first-order valence-corrected chi connectivity index (χ1v) is 4.55. The lowest BCUT2D eigenvalue weighted by molar-refractivity contribution is -0.144. The summed E-state index contributed by atoms with van der Waals surface area (Å²) in [6.45, 7) is 5.13. The van der Waals surface area contributed by atoms with Crippen molar-refractivity contribution in [3.8, 4) is 0 Å². The molecule has 0 aliphatic heterocycles. The molecule has 4 nitrogen and oxygen atoms in total. The van der Waals surface area contributed by atoms with Gasteiger partial charge in [-0.15, -0.1) is 0 Å². The minimum atomic E-state index is -0.784. The molecule has 13 heavy (non-hydrogen) atoms. The Labute approximate surface area is 79.9 Å². The van der Waals surface area contributed by atoms with Crippen molar-refractivity contribution in [3.05, 3.63) is 0 Å². The van der Waals surface area contributed by atoms with Crippen LogP contribution in [0.3, 0.4) is 0 Å². The van der Waals surface area contributed by atoms with Crippen LogP contribution in [0.4, 0.5) is 0 Å². The molecule has 0 aromatic heterocycles. The van der Waals surface area contributed by atoms with Gasteiger partial charge in [-0.05, 0) is 27.4 Å². The number of carboxylic acid groups (broad SMARTS) is 1. The van der Waals surface area contributed by atoms with E-state index in [2.05, 4.69) is 5.32 Å². The van der Waals surface area contributed by atoms with E-state index >= 15 is 0 Å². The summed E-state index contributed by atoms with van der Waals surface area (Å²) in [6.07, 6.45) is 0.593.